The molecule has 1 aliphatic carbocycles. The average Bonchev–Trinajstić information content (AvgIpc) is 2.61. The molecule has 0 fully saturated rings. The third kappa shape index (κ3) is 3.49. The third-order valence-corrected chi connectivity index (χ3v) is 4.60. The summed E-state index contributed by atoms with van der Waals surface area (Å²) in [5.74, 6) is 0.388. The van der Waals surface area contributed by atoms with Gasteiger partial charge in [0, 0.05) is 0 Å². The normalized spacial score (nSPS) is 24.0. The smallest absolute Gasteiger partial charge is 0.308 e. The second-order valence-corrected chi connectivity index (χ2v) is 6.12. The summed E-state index contributed by atoms with van der Waals surface area (Å²) in [6, 6.07) is 0. The molecule has 0 N–H and O–H groups in total. The number of ether oxygens (including phenoxy) is 1. The standard InChI is InChI=1S/C17H28O2/c1-7-14(11-12(3)16(18)19-8-2)15-10-9-13(4)17(15,5)6/h7,9,12,15H,8,10-11H2,1-6H3/t12?,15-/m1/s1. The van der Waals surface area contributed by atoms with E-state index < -0.39 is 0 Å². The topological polar surface area (TPSA) is 26.3 Å². The Balaban J connectivity index is 2.74. The summed E-state index contributed by atoms with van der Waals surface area (Å²) in [4.78, 5) is 11.8. The van der Waals surface area contributed by atoms with Crippen molar-refractivity contribution in [3.8, 4) is 0 Å². The molecule has 0 saturated heterocycles. The summed E-state index contributed by atoms with van der Waals surface area (Å²) >= 11 is 0. The fraction of sp³-hybridized carbons (Fsp3) is 0.706. The lowest BCUT2D eigenvalue weighted by Gasteiger charge is -2.32. The van der Waals surface area contributed by atoms with E-state index in [4.69, 9.17) is 4.74 Å². The first-order valence-corrected chi connectivity index (χ1v) is 7.33. The third-order valence-electron chi connectivity index (χ3n) is 4.60. The first-order valence-electron chi connectivity index (χ1n) is 7.33. The van der Waals surface area contributed by atoms with E-state index in [0.29, 0.717) is 12.5 Å². The molecule has 0 aromatic carbocycles. The van der Waals surface area contributed by atoms with Gasteiger partial charge in [0.25, 0.3) is 0 Å². The van der Waals surface area contributed by atoms with Crippen LogP contribution in [-0.2, 0) is 9.53 Å². The number of allylic oxidation sites excluding steroid dienone is 4. The van der Waals surface area contributed by atoms with Crippen molar-refractivity contribution in [2.75, 3.05) is 6.61 Å². The number of hydrogen-bond donors (Lipinski definition) is 0. The monoisotopic (exact) mass is 264 g/mol. The summed E-state index contributed by atoms with van der Waals surface area (Å²) in [5, 5.41) is 0. The molecule has 1 unspecified atom stereocenters. The van der Waals surface area contributed by atoms with Gasteiger partial charge in [-0.25, -0.2) is 0 Å². The van der Waals surface area contributed by atoms with Crippen LogP contribution in [0.4, 0.5) is 0 Å². The predicted molar refractivity (Wildman–Crippen MR) is 79.8 cm³/mol. The Morgan fingerprint density at radius 1 is 1.58 bits per heavy atom. The zero-order chi connectivity index (χ0) is 14.6. The van der Waals surface area contributed by atoms with Gasteiger partial charge in [-0.1, -0.05) is 44.1 Å². The van der Waals surface area contributed by atoms with E-state index in [1.165, 1.54) is 11.1 Å². The lowest BCUT2D eigenvalue weighted by atomic mass is 9.72. The van der Waals surface area contributed by atoms with Crippen molar-refractivity contribution in [2.45, 2.75) is 54.4 Å². The highest BCUT2D eigenvalue weighted by Gasteiger charge is 2.37. The summed E-state index contributed by atoms with van der Waals surface area (Å²) in [6.07, 6.45) is 6.43. The molecule has 0 heterocycles. The van der Waals surface area contributed by atoms with Crippen molar-refractivity contribution in [3.63, 3.8) is 0 Å². The van der Waals surface area contributed by atoms with Crippen LogP contribution < -0.4 is 0 Å². The molecule has 0 bridgehead atoms. The molecule has 0 aromatic rings. The molecule has 0 saturated carbocycles. The van der Waals surface area contributed by atoms with Gasteiger partial charge >= 0.3 is 5.97 Å². The largest absolute Gasteiger partial charge is 0.466 e. The van der Waals surface area contributed by atoms with E-state index in [-0.39, 0.29) is 17.3 Å². The molecule has 0 spiro atoms. The molecule has 1 aliphatic rings. The van der Waals surface area contributed by atoms with Gasteiger partial charge in [0.05, 0.1) is 12.5 Å². The molecule has 0 radical (unpaired) electrons. The van der Waals surface area contributed by atoms with Crippen LogP contribution in [0.1, 0.15) is 54.4 Å². The molecule has 19 heavy (non-hydrogen) atoms. The first kappa shape index (κ1) is 16.0. The summed E-state index contributed by atoms with van der Waals surface area (Å²) in [7, 11) is 0. The SMILES string of the molecule is CC=C(CC(C)C(=O)OCC)[C@H]1CC=C(C)C1(C)C. The number of rotatable bonds is 5. The Bertz CT molecular complexity index is 388. The first-order chi connectivity index (χ1) is 8.84. The summed E-state index contributed by atoms with van der Waals surface area (Å²) in [5.41, 5.74) is 3.05. The number of carbonyl (C=O) groups is 1. The molecule has 2 atom stereocenters. The van der Waals surface area contributed by atoms with Gasteiger partial charge in [-0.3, -0.25) is 4.79 Å². The number of hydrogen-bond acceptors (Lipinski definition) is 2. The predicted octanol–water partition coefficient (Wildman–Crippen LogP) is 4.51. The van der Waals surface area contributed by atoms with E-state index >= 15 is 0 Å². The highest BCUT2D eigenvalue weighted by atomic mass is 16.5. The number of esters is 1. The molecule has 2 heteroatoms. The van der Waals surface area contributed by atoms with Crippen LogP contribution in [-0.4, -0.2) is 12.6 Å². The van der Waals surface area contributed by atoms with Crippen LogP contribution in [0.3, 0.4) is 0 Å². The quantitative estimate of drug-likeness (QED) is 0.539. The van der Waals surface area contributed by atoms with Crippen LogP contribution in [0.15, 0.2) is 23.3 Å². The average molecular weight is 264 g/mol. The molecule has 0 aliphatic heterocycles. The van der Waals surface area contributed by atoms with E-state index in [1.54, 1.807) is 0 Å². The highest BCUT2D eigenvalue weighted by molar-refractivity contribution is 5.72. The number of carbonyl (C=O) groups excluding carboxylic acids is 1. The molecule has 0 amide bonds. The summed E-state index contributed by atoms with van der Waals surface area (Å²) < 4.78 is 5.11. The molecule has 2 nitrogen and oxygen atoms in total. The van der Waals surface area contributed by atoms with Crippen molar-refractivity contribution in [1.29, 1.82) is 0 Å². The van der Waals surface area contributed by atoms with E-state index in [1.807, 2.05) is 13.8 Å². The maximum absolute atomic E-state index is 11.8. The zero-order valence-electron chi connectivity index (χ0n) is 13.2. The molecular formula is C17H28O2. The van der Waals surface area contributed by atoms with Gasteiger partial charge in [0.15, 0.2) is 0 Å². The lowest BCUT2D eigenvalue weighted by Crippen LogP contribution is -2.25. The van der Waals surface area contributed by atoms with Gasteiger partial charge in [-0.2, -0.15) is 0 Å². The Morgan fingerprint density at radius 3 is 2.63 bits per heavy atom. The van der Waals surface area contributed by atoms with E-state index in [2.05, 4.69) is 39.8 Å². The Hall–Kier alpha value is -1.05. The molecule has 1 rings (SSSR count). The van der Waals surface area contributed by atoms with Gasteiger partial charge in [-0.15, -0.1) is 0 Å². The van der Waals surface area contributed by atoms with Crippen molar-refractivity contribution in [2.24, 2.45) is 17.3 Å². The second kappa shape index (κ2) is 6.40. The maximum Gasteiger partial charge on any atom is 0.308 e. The fourth-order valence-electron chi connectivity index (χ4n) is 2.92. The van der Waals surface area contributed by atoms with E-state index in [9.17, 15) is 4.79 Å². The molecule has 0 aromatic heterocycles. The van der Waals surface area contributed by atoms with Crippen molar-refractivity contribution in [3.05, 3.63) is 23.3 Å². The zero-order valence-corrected chi connectivity index (χ0v) is 13.2. The van der Waals surface area contributed by atoms with Crippen molar-refractivity contribution < 1.29 is 9.53 Å². The van der Waals surface area contributed by atoms with Crippen LogP contribution in [0.25, 0.3) is 0 Å². The Kier molecular flexibility index (Phi) is 5.39. The summed E-state index contributed by atoms with van der Waals surface area (Å²) in [6.45, 7) is 13.2. The minimum atomic E-state index is -0.0812. The van der Waals surface area contributed by atoms with Gasteiger partial charge in [0.1, 0.15) is 0 Å². The van der Waals surface area contributed by atoms with Crippen LogP contribution in [0, 0.1) is 17.3 Å². The Morgan fingerprint density at radius 2 is 2.21 bits per heavy atom. The lowest BCUT2D eigenvalue weighted by molar-refractivity contribution is -0.147. The van der Waals surface area contributed by atoms with Crippen LogP contribution in [0.5, 0.6) is 0 Å². The van der Waals surface area contributed by atoms with Crippen LogP contribution in [0.2, 0.25) is 0 Å². The maximum atomic E-state index is 11.8. The van der Waals surface area contributed by atoms with Gasteiger partial charge in [0.2, 0.25) is 0 Å². The fourth-order valence-corrected chi connectivity index (χ4v) is 2.92. The second-order valence-electron chi connectivity index (χ2n) is 6.12. The minimum Gasteiger partial charge on any atom is -0.466 e. The Labute approximate surface area is 117 Å². The molecule has 108 valence electrons. The van der Waals surface area contributed by atoms with E-state index in [0.717, 1.165) is 12.8 Å². The van der Waals surface area contributed by atoms with Crippen molar-refractivity contribution in [1.82, 2.24) is 0 Å². The van der Waals surface area contributed by atoms with Gasteiger partial charge < -0.3 is 4.74 Å². The minimum absolute atomic E-state index is 0.0529. The van der Waals surface area contributed by atoms with Crippen LogP contribution >= 0.6 is 0 Å². The molecular weight excluding hydrogens is 236 g/mol. The van der Waals surface area contributed by atoms with Crippen molar-refractivity contribution >= 4 is 5.97 Å². The highest BCUT2D eigenvalue weighted by Crippen LogP contribution is 2.47. The van der Waals surface area contributed by atoms with Gasteiger partial charge in [-0.05, 0) is 44.9 Å².